The zero-order valence-electron chi connectivity index (χ0n) is 10.5. The van der Waals surface area contributed by atoms with E-state index in [1.165, 1.54) is 0 Å². The molecule has 0 fully saturated rings. The molecule has 20 heavy (non-hydrogen) atoms. The van der Waals surface area contributed by atoms with Crippen molar-refractivity contribution in [3.8, 4) is 0 Å². The first-order valence-corrected chi connectivity index (χ1v) is 6.07. The van der Waals surface area contributed by atoms with E-state index < -0.39 is 5.97 Å². The zero-order valence-corrected chi connectivity index (χ0v) is 10.5. The Hall–Kier alpha value is -2.89. The van der Waals surface area contributed by atoms with Crippen LogP contribution in [0.3, 0.4) is 0 Å². The fraction of sp³-hybridized carbons (Fsp3) is 0.0714. The lowest BCUT2D eigenvalue weighted by Crippen LogP contribution is -2.36. The molecule has 3 rings (SSSR count). The number of pyridine rings is 1. The topological polar surface area (TPSA) is 77.8 Å². The molecule has 0 spiro atoms. The Balaban J connectivity index is 1.80. The van der Waals surface area contributed by atoms with Crippen molar-refractivity contribution in [1.29, 1.82) is 0 Å². The van der Waals surface area contributed by atoms with Crippen LogP contribution < -0.4 is 10.4 Å². The standard InChI is InChI=1S/C14H12N4O2/c19-14(20)11-5-3-4-10(8-11)13-16-9-18(17-13)12-6-1-2-7-15-12/h1-8H,9H2,(H,16,17)(H,19,20). The minimum atomic E-state index is -0.952. The molecule has 6 nitrogen and oxygen atoms in total. The summed E-state index contributed by atoms with van der Waals surface area (Å²) in [5, 5.41) is 10.8. The maximum absolute atomic E-state index is 11.0. The Morgan fingerprint density at radius 2 is 2.15 bits per heavy atom. The molecule has 0 amide bonds. The third-order valence-electron chi connectivity index (χ3n) is 2.92. The number of rotatable bonds is 3. The van der Waals surface area contributed by atoms with E-state index in [1.54, 1.807) is 29.4 Å². The molecular formula is C14H12N4O2. The van der Waals surface area contributed by atoms with Crippen LogP contribution in [0, 0.1) is 0 Å². The minimum absolute atomic E-state index is 0.239. The predicted octanol–water partition coefficient (Wildman–Crippen LogP) is 1.51. The van der Waals surface area contributed by atoms with Crippen molar-refractivity contribution in [1.82, 2.24) is 10.4 Å². The molecule has 0 aliphatic carbocycles. The van der Waals surface area contributed by atoms with E-state index in [1.807, 2.05) is 24.3 Å². The number of hydrogen-bond donors (Lipinski definition) is 2. The first kappa shape index (κ1) is 12.2. The summed E-state index contributed by atoms with van der Waals surface area (Å²) in [6, 6.07) is 12.3. The summed E-state index contributed by atoms with van der Waals surface area (Å²) in [7, 11) is 0. The van der Waals surface area contributed by atoms with Gasteiger partial charge in [0.25, 0.3) is 0 Å². The van der Waals surface area contributed by atoms with Crippen LogP contribution in [0.25, 0.3) is 0 Å². The number of aromatic nitrogens is 1. The number of benzene rings is 1. The summed E-state index contributed by atoms with van der Waals surface area (Å²) in [4.78, 5) is 19.6. The number of aromatic carboxylic acids is 1. The lowest BCUT2D eigenvalue weighted by atomic mass is 10.1. The van der Waals surface area contributed by atoms with Gasteiger partial charge in [0.15, 0.2) is 0 Å². The normalized spacial score (nSPS) is 13.8. The van der Waals surface area contributed by atoms with Crippen molar-refractivity contribution < 1.29 is 9.90 Å². The Morgan fingerprint density at radius 1 is 1.25 bits per heavy atom. The van der Waals surface area contributed by atoms with Gasteiger partial charge in [0, 0.05) is 11.8 Å². The van der Waals surface area contributed by atoms with Gasteiger partial charge in [-0.15, -0.1) is 0 Å². The lowest BCUT2D eigenvalue weighted by Gasteiger charge is -2.16. The molecule has 0 saturated carbocycles. The third kappa shape index (κ3) is 2.31. The van der Waals surface area contributed by atoms with Gasteiger partial charge in [0.2, 0.25) is 0 Å². The van der Waals surface area contributed by atoms with Crippen LogP contribution in [0.4, 0.5) is 5.82 Å². The van der Waals surface area contributed by atoms with E-state index >= 15 is 0 Å². The van der Waals surface area contributed by atoms with Gasteiger partial charge in [-0.3, -0.25) is 5.43 Å². The van der Waals surface area contributed by atoms with Crippen molar-refractivity contribution >= 4 is 17.6 Å². The van der Waals surface area contributed by atoms with Crippen molar-refractivity contribution in [2.24, 2.45) is 4.99 Å². The molecule has 0 saturated heterocycles. The molecule has 1 aliphatic heterocycles. The number of nitrogens with zero attached hydrogens (tertiary/aromatic N) is 3. The lowest BCUT2D eigenvalue weighted by molar-refractivity contribution is 0.0697. The highest BCUT2D eigenvalue weighted by molar-refractivity contribution is 6.02. The second-order valence-electron chi connectivity index (χ2n) is 4.26. The SMILES string of the molecule is O=C(O)c1cccc(C2=NCN(c3ccccn3)N2)c1. The largest absolute Gasteiger partial charge is 0.478 e. The number of aliphatic imine (C=N–C) groups is 1. The molecule has 1 aliphatic rings. The quantitative estimate of drug-likeness (QED) is 0.882. The van der Waals surface area contributed by atoms with E-state index in [4.69, 9.17) is 5.11 Å². The number of carbonyl (C=O) groups is 1. The molecule has 1 aromatic heterocycles. The molecule has 0 bridgehead atoms. The summed E-state index contributed by atoms with van der Waals surface area (Å²) in [6.07, 6.45) is 1.71. The van der Waals surface area contributed by atoms with E-state index in [2.05, 4.69) is 15.4 Å². The highest BCUT2D eigenvalue weighted by atomic mass is 16.4. The van der Waals surface area contributed by atoms with E-state index in [-0.39, 0.29) is 5.56 Å². The predicted molar refractivity (Wildman–Crippen MR) is 74.7 cm³/mol. The van der Waals surface area contributed by atoms with E-state index in [0.29, 0.717) is 12.5 Å². The third-order valence-corrected chi connectivity index (χ3v) is 2.92. The maximum atomic E-state index is 11.0. The number of hydrazine groups is 1. The molecule has 1 aromatic carbocycles. The van der Waals surface area contributed by atoms with Gasteiger partial charge in [-0.05, 0) is 24.3 Å². The Bertz CT molecular complexity index is 670. The number of carboxylic acids is 1. The second kappa shape index (κ2) is 5.00. The smallest absolute Gasteiger partial charge is 0.335 e. The maximum Gasteiger partial charge on any atom is 0.335 e. The number of carboxylic acid groups (broad SMARTS) is 1. The van der Waals surface area contributed by atoms with Crippen LogP contribution in [-0.4, -0.2) is 28.6 Å². The molecule has 2 aromatic rings. The molecule has 0 atom stereocenters. The summed E-state index contributed by atoms with van der Waals surface area (Å²) in [5.41, 5.74) is 4.10. The Labute approximate surface area is 115 Å². The van der Waals surface area contributed by atoms with Crippen LogP contribution in [0.15, 0.2) is 53.7 Å². The highest BCUT2D eigenvalue weighted by Gasteiger charge is 2.18. The molecule has 2 heterocycles. The first-order chi connectivity index (χ1) is 9.74. The molecule has 0 radical (unpaired) electrons. The highest BCUT2D eigenvalue weighted by Crippen LogP contribution is 2.13. The summed E-state index contributed by atoms with van der Waals surface area (Å²) < 4.78 is 0. The average Bonchev–Trinajstić information content (AvgIpc) is 2.98. The monoisotopic (exact) mass is 268 g/mol. The van der Waals surface area contributed by atoms with Gasteiger partial charge in [0.1, 0.15) is 18.3 Å². The molecule has 0 unspecified atom stereocenters. The fourth-order valence-electron chi connectivity index (χ4n) is 1.94. The van der Waals surface area contributed by atoms with Gasteiger partial charge in [-0.25, -0.2) is 19.8 Å². The Morgan fingerprint density at radius 3 is 2.90 bits per heavy atom. The van der Waals surface area contributed by atoms with E-state index in [9.17, 15) is 4.79 Å². The first-order valence-electron chi connectivity index (χ1n) is 6.07. The number of nitrogens with one attached hydrogen (secondary N) is 1. The van der Waals surface area contributed by atoms with Gasteiger partial charge in [-0.2, -0.15) is 0 Å². The second-order valence-corrected chi connectivity index (χ2v) is 4.26. The van der Waals surface area contributed by atoms with Crippen LogP contribution in [0.2, 0.25) is 0 Å². The van der Waals surface area contributed by atoms with Crippen LogP contribution in [-0.2, 0) is 0 Å². The summed E-state index contributed by atoms with van der Waals surface area (Å²) in [5.74, 6) is 0.450. The van der Waals surface area contributed by atoms with Crippen LogP contribution >= 0.6 is 0 Å². The number of amidine groups is 1. The molecule has 100 valence electrons. The van der Waals surface area contributed by atoms with Crippen molar-refractivity contribution in [2.75, 3.05) is 11.7 Å². The van der Waals surface area contributed by atoms with Gasteiger partial charge in [0.05, 0.1) is 5.56 Å². The van der Waals surface area contributed by atoms with Crippen LogP contribution in [0.5, 0.6) is 0 Å². The fourth-order valence-corrected chi connectivity index (χ4v) is 1.94. The zero-order chi connectivity index (χ0) is 13.9. The Kier molecular flexibility index (Phi) is 3.04. The van der Waals surface area contributed by atoms with Crippen molar-refractivity contribution in [2.45, 2.75) is 0 Å². The summed E-state index contributed by atoms with van der Waals surface area (Å²) >= 11 is 0. The molecular weight excluding hydrogens is 256 g/mol. The molecule has 6 heteroatoms. The number of anilines is 1. The van der Waals surface area contributed by atoms with Crippen LogP contribution in [0.1, 0.15) is 15.9 Å². The van der Waals surface area contributed by atoms with Gasteiger partial charge >= 0.3 is 5.97 Å². The average molecular weight is 268 g/mol. The van der Waals surface area contributed by atoms with Crippen molar-refractivity contribution in [3.05, 3.63) is 59.8 Å². The van der Waals surface area contributed by atoms with Gasteiger partial charge in [-0.1, -0.05) is 18.2 Å². The minimum Gasteiger partial charge on any atom is -0.478 e. The molecule has 2 N–H and O–H groups in total. The van der Waals surface area contributed by atoms with Crippen molar-refractivity contribution in [3.63, 3.8) is 0 Å². The number of hydrogen-bond acceptors (Lipinski definition) is 5. The summed E-state index contributed by atoms with van der Waals surface area (Å²) in [6.45, 7) is 0.434. The van der Waals surface area contributed by atoms with Gasteiger partial charge < -0.3 is 5.11 Å². The van der Waals surface area contributed by atoms with E-state index in [0.717, 1.165) is 11.4 Å².